The Kier molecular flexibility index (Phi) is 15.0. The van der Waals surface area contributed by atoms with Gasteiger partial charge in [-0.1, -0.05) is 31.4 Å². The van der Waals surface area contributed by atoms with E-state index in [9.17, 15) is 4.79 Å². The van der Waals surface area contributed by atoms with Gasteiger partial charge in [-0.15, -0.1) is 6.42 Å². The normalized spacial score (nSPS) is 12.6. The molecule has 0 atom stereocenters. The molecule has 1 aliphatic carbocycles. The Morgan fingerprint density at radius 2 is 1.54 bits per heavy atom. The third kappa shape index (κ3) is 12.8. The quantitative estimate of drug-likeness (QED) is 0.459. The summed E-state index contributed by atoms with van der Waals surface area (Å²) < 4.78 is 0. The molecule has 28 heavy (non-hydrogen) atoms. The van der Waals surface area contributed by atoms with Crippen LogP contribution in [-0.2, 0) is 4.79 Å². The van der Waals surface area contributed by atoms with Crippen molar-refractivity contribution in [3.8, 4) is 71.5 Å². The van der Waals surface area contributed by atoms with Crippen molar-refractivity contribution in [2.45, 2.75) is 53.9 Å². The summed E-state index contributed by atoms with van der Waals surface area (Å²) in [5.74, 6) is 27.1. The molecule has 2 heteroatoms. The summed E-state index contributed by atoms with van der Waals surface area (Å²) in [5, 5.41) is 0. The molecule has 158 valence electrons. The van der Waals surface area contributed by atoms with E-state index in [4.69, 9.17) is 6.42 Å². The fourth-order valence-electron chi connectivity index (χ4n) is 2.53. The van der Waals surface area contributed by atoms with Crippen molar-refractivity contribution < 1.29 is 21.7 Å². The second kappa shape index (κ2) is 15.7. The van der Waals surface area contributed by atoms with E-state index in [1.165, 1.54) is 30.4 Å². The number of ketones is 1. The molecular weight excluding hydrogens is 344 g/mol. The van der Waals surface area contributed by atoms with E-state index in [0.717, 1.165) is 0 Å². The SMILES string of the molecule is C#CC#CC#CC#CC#CC#CC.CC(=O)/C=C/C1=C(C)CCCC1(C)C.O.[HH].[HH].[HH].[HH].[HH].[HH].[HH].[HH]. The zero-order chi connectivity index (χ0) is 20.5. The van der Waals surface area contributed by atoms with Crippen LogP contribution in [0.25, 0.3) is 0 Å². The van der Waals surface area contributed by atoms with Gasteiger partial charge in [0.15, 0.2) is 5.78 Å². The van der Waals surface area contributed by atoms with Crippen LogP contribution in [0.2, 0.25) is 0 Å². The van der Waals surface area contributed by atoms with Gasteiger partial charge in [-0.25, -0.2) is 0 Å². The van der Waals surface area contributed by atoms with Crippen LogP contribution in [0.3, 0.4) is 0 Å². The third-order valence-corrected chi connectivity index (χ3v) is 3.72. The summed E-state index contributed by atoms with van der Waals surface area (Å²) in [7, 11) is 0. The zero-order valence-electron chi connectivity index (χ0n) is 17.3. The van der Waals surface area contributed by atoms with Gasteiger partial charge in [-0.05, 0) is 116 Å². The first kappa shape index (κ1) is 26.7. The number of carbonyl (C=O) groups is 1. The van der Waals surface area contributed by atoms with E-state index >= 15 is 0 Å². The summed E-state index contributed by atoms with van der Waals surface area (Å²) in [4.78, 5) is 10.9. The van der Waals surface area contributed by atoms with Crippen LogP contribution in [0.1, 0.15) is 65.3 Å². The van der Waals surface area contributed by atoms with Gasteiger partial charge in [0.1, 0.15) is 0 Å². The molecule has 2 N–H and O–H groups in total. The number of rotatable bonds is 2. The van der Waals surface area contributed by atoms with Gasteiger partial charge in [0.05, 0.1) is 0 Å². The smallest absolute Gasteiger partial charge is 0.152 e. The minimum absolute atomic E-state index is 0. The van der Waals surface area contributed by atoms with E-state index in [1.54, 1.807) is 19.9 Å². The molecule has 0 aromatic carbocycles. The van der Waals surface area contributed by atoms with E-state index in [2.05, 4.69) is 85.9 Å². The first-order valence-electron chi connectivity index (χ1n) is 8.61. The van der Waals surface area contributed by atoms with Crippen molar-refractivity contribution in [3.63, 3.8) is 0 Å². The molecule has 0 spiro atoms. The molecule has 0 unspecified atom stereocenters. The predicted molar refractivity (Wildman–Crippen MR) is 134 cm³/mol. The molecule has 0 aliphatic heterocycles. The van der Waals surface area contributed by atoms with Gasteiger partial charge < -0.3 is 5.48 Å². The maximum Gasteiger partial charge on any atom is 0.152 e. The standard InChI is InChI=1S/C13H20O.C13H4.H2O.8H2/c1-10-6-5-9-13(3,4)12(10)8-7-11(2)14;1-3-5-7-9-11-13-12-10-8-6-4-2;;;;;;;;;/h7-8H,5-6,9H2,1-4H3;1H,2H3;1H2;8*1H/b8-7+;;;;;;;;;;. The second-order valence-corrected chi connectivity index (χ2v) is 6.39. The Labute approximate surface area is 182 Å². The number of hydrogen-bond donors (Lipinski definition) is 0. The largest absolute Gasteiger partial charge is 0.412 e. The minimum Gasteiger partial charge on any atom is -0.412 e. The molecule has 0 aromatic heterocycles. The monoisotopic (exact) mass is 386 g/mol. The van der Waals surface area contributed by atoms with Crippen molar-refractivity contribution in [1.29, 1.82) is 0 Å². The summed E-state index contributed by atoms with van der Waals surface area (Å²) in [6, 6.07) is 0. The lowest BCUT2D eigenvalue weighted by molar-refractivity contribution is -0.112. The maximum atomic E-state index is 10.9. The number of terminal acetylenes is 1. The summed E-state index contributed by atoms with van der Waals surface area (Å²) >= 11 is 0. The van der Waals surface area contributed by atoms with Crippen LogP contribution in [0.15, 0.2) is 23.3 Å². The van der Waals surface area contributed by atoms with Crippen molar-refractivity contribution >= 4 is 5.78 Å². The lowest BCUT2D eigenvalue weighted by atomic mass is 9.72. The van der Waals surface area contributed by atoms with E-state index in [1.807, 2.05) is 6.08 Å². The average Bonchev–Trinajstić information content (AvgIpc) is 2.60. The molecular formula is C26H42O2. The maximum absolute atomic E-state index is 10.9. The van der Waals surface area contributed by atoms with Crippen LogP contribution in [0.4, 0.5) is 0 Å². The molecule has 0 radical (unpaired) electrons. The number of hydrogen-bond acceptors (Lipinski definition) is 1. The molecule has 0 fully saturated rings. The van der Waals surface area contributed by atoms with Crippen LogP contribution in [0, 0.1) is 77.0 Å². The van der Waals surface area contributed by atoms with E-state index in [0.29, 0.717) is 0 Å². The summed E-state index contributed by atoms with van der Waals surface area (Å²) in [5.41, 5.74) is 3.05. The lowest BCUT2D eigenvalue weighted by Gasteiger charge is -2.32. The molecule has 0 saturated heterocycles. The van der Waals surface area contributed by atoms with Crippen molar-refractivity contribution in [2.24, 2.45) is 5.41 Å². The highest BCUT2D eigenvalue weighted by atomic mass is 16.1. The molecule has 0 saturated carbocycles. The Hall–Kier alpha value is -3.53. The van der Waals surface area contributed by atoms with Crippen LogP contribution in [-0.4, -0.2) is 11.3 Å². The fourth-order valence-corrected chi connectivity index (χ4v) is 2.53. The first-order chi connectivity index (χ1) is 12.8. The van der Waals surface area contributed by atoms with Gasteiger partial charge in [0, 0.05) is 11.4 Å². The Balaban J connectivity index is -0.0000000376. The third-order valence-electron chi connectivity index (χ3n) is 3.72. The Bertz CT molecular complexity index is 980. The van der Waals surface area contributed by atoms with E-state index < -0.39 is 0 Å². The van der Waals surface area contributed by atoms with Gasteiger partial charge in [0.25, 0.3) is 0 Å². The van der Waals surface area contributed by atoms with Crippen LogP contribution in [0.5, 0.6) is 0 Å². The predicted octanol–water partition coefficient (Wildman–Crippen LogP) is 5.46. The highest BCUT2D eigenvalue weighted by Gasteiger charge is 2.26. The summed E-state index contributed by atoms with van der Waals surface area (Å²) in [6.45, 7) is 10.0. The molecule has 0 heterocycles. The Morgan fingerprint density at radius 3 is 1.96 bits per heavy atom. The molecule has 2 nitrogen and oxygen atoms in total. The highest BCUT2D eigenvalue weighted by molar-refractivity contribution is 5.87. The first-order valence-corrected chi connectivity index (χ1v) is 8.61. The molecule has 0 aromatic rings. The van der Waals surface area contributed by atoms with Gasteiger partial charge >= 0.3 is 0 Å². The van der Waals surface area contributed by atoms with E-state index in [-0.39, 0.29) is 28.1 Å². The topological polar surface area (TPSA) is 48.6 Å². The molecule has 1 rings (SSSR count). The Morgan fingerprint density at radius 1 is 1.04 bits per heavy atom. The van der Waals surface area contributed by atoms with Crippen molar-refractivity contribution in [3.05, 3.63) is 23.3 Å². The number of carbonyl (C=O) groups excluding carboxylic acids is 1. The minimum atomic E-state index is 0. The molecule has 0 amide bonds. The number of allylic oxidation sites excluding steroid dienone is 4. The lowest BCUT2D eigenvalue weighted by Crippen LogP contribution is -2.19. The van der Waals surface area contributed by atoms with Crippen molar-refractivity contribution in [2.75, 3.05) is 0 Å². The zero-order valence-corrected chi connectivity index (χ0v) is 17.3. The van der Waals surface area contributed by atoms with Crippen LogP contribution < -0.4 is 0 Å². The van der Waals surface area contributed by atoms with Gasteiger partial charge in [-0.3, -0.25) is 4.79 Å². The average molecular weight is 387 g/mol. The molecule has 0 bridgehead atoms. The molecule has 1 aliphatic rings. The van der Waals surface area contributed by atoms with Crippen LogP contribution >= 0.6 is 0 Å². The second-order valence-electron chi connectivity index (χ2n) is 6.39. The highest BCUT2D eigenvalue weighted by Crippen LogP contribution is 2.40. The fraction of sp³-hybridized carbons (Fsp3) is 0.346. The van der Waals surface area contributed by atoms with Gasteiger partial charge in [0.2, 0.25) is 0 Å². The summed E-state index contributed by atoms with van der Waals surface area (Å²) in [6.07, 6.45) is 12.2. The van der Waals surface area contributed by atoms with Crippen molar-refractivity contribution in [1.82, 2.24) is 0 Å². The van der Waals surface area contributed by atoms with Gasteiger partial charge in [-0.2, -0.15) is 0 Å².